The van der Waals surface area contributed by atoms with E-state index in [2.05, 4.69) is 25.5 Å². The molecule has 8 heteroatoms. The van der Waals surface area contributed by atoms with Gasteiger partial charge < -0.3 is 15.0 Å². The van der Waals surface area contributed by atoms with Crippen molar-refractivity contribution >= 4 is 17.7 Å². The summed E-state index contributed by atoms with van der Waals surface area (Å²) in [4.78, 5) is 23.7. The smallest absolute Gasteiger partial charge is 0.410 e. The molecule has 2 fully saturated rings. The molecule has 8 nitrogen and oxygen atoms in total. The Balaban J connectivity index is 1.38. The molecule has 0 saturated carbocycles. The van der Waals surface area contributed by atoms with Crippen molar-refractivity contribution in [1.29, 1.82) is 0 Å². The Hall–Kier alpha value is -2.64. The van der Waals surface area contributed by atoms with Crippen molar-refractivity contribution in [3.63, 3.8) is 0 Å². The number of nitrogens with one attached hydrogen (secondary N) is 2. The number of rotatable bonds is 4. The summed E-state index contributed by atoms with van der Waals surface area (Å²) in [5, 5.41) is 10.3. The molecule has 2 saturated heterocycles. The van der Waals surface area contributed by atoms with Crippen molar-refractivity contribution in [1.82, 2.24) is 25.1 Å². The Morgan fingerprint density at radius 2 is 2.00 bits per heavy atom. The number of hydrogen-bond acceptors (Lipinski definition) is 6. The zero-order valence-electron chi connectivity index (χ0n) is 17.6. The van der Waals surface area contributed by atoms with E-state index in [1.807, 2.05) is 44.7 Å². The molecule has 2 atom stereocenters. The fraction of sp³-hybridized carbons (Fsp3) is 0.619. The largest absolute Gasteiger partial charge is 0.444 e. The number of carbonyl (C=O) groups is 1. The molecule has 2 aliphatic rings. The first-order valence-electron chi connectivity index (χ1n) is 10.4. The predicted molar refractivity (Wildman–Crippen MR) is 110 cm³/mol. The number of aryl methyl sites for hydroxylation is 1. The minimum Gasteiger partial charge on any atom is -0.444 e. The zero-order valence-corrected chi connectivity index (χ0v) is 17.6. The quantitative estimate of drug-likeness (QED) is 0.809. The maximum absolute atomic E-state index is 12.6. The second-order valence-electron chi connectivity index (χ2n) is 9.23. The van der Waals surface area contributed by atoms with Crippen molar-refractivity contribution in [2.75, 3.05) is 5.32 Å². The fourth-order valence-corrected chi connectivity index (χ4v) is 4.51. The number of carbonyl (C=O) groups excluding carboxylic acids is 1. The first kappa shape index (κ1) is 19.7. The molecule has 2 unspecified atom stereocenters. The monoisotopic (exact) mass is 398 g/mol. The van der Waals surface area contributed by atoms with Crippen LogP contribution >= 0.6 is 0 Å². The summed E-state index contributed by atoms with van der Waals surface area (Å²) < 4.78 is 5.63. The maximum atomic E-state index is 12.6. The van der Waals surface area contributed by atoms with Gasteiger partial charge in [-0.25, -0.2) is 14.8 Å². The molecular weight excluding hydrogens is 368 g/mol. The third kappa shape index (κ3) is 4.68. The van der Waals surface area contributed by atoms with Crippen LogP contribution in [0.5, 0.6) is 0 Å². The van der Waals surface area contributed by atoms with Gasteiger partial charge in [-0.1, -0.05) is 0 Å². The predicted octanol–water partition coefficient (Wildman–Crippen LogP) is 3.97. The van der Waals surface area contributed by atoms with Crippen LogP contribution in [-0.4, -0.2) is 48.8 Å². The third-order valence-corrected chi connectivity index (χ3v) is 5.57. The Labute approximate surface area is 171 Å². The number of fused-ring (bicyclic) bond motifs is 2. The van der Waals surface area contributed by atoms with Crippen molar-refractivity contribution < 1.29 is 9.53 Å². The van der Waals surface area contributed by atoms with Gasteiger partial charge >= 0.3 is 6.09 Å². The Morgan fingerprint density at radius 1 is 1.28 bits per heavy atom. The van der Waals surface area contributed by atoms with Crippen molar-refractivity contribution in [2.24, 2.45) is 5.92 Å². The lowest BCUT2D eigenvalue weighted by Crippen LogP contribution is -2.48. The highest BCUT2D eigenvalue weighted by Gasteiger charge is 2.44. The molecule has 29 heavy (non-hydrogen) atoms. The van der Waals surface area contributed by atoms with E-state index in [0.717, 1.165) is 55.3 Å². The molecule has 156 valence electrons. The van der Waals surface area contributed by atoms with Crippen LogP contribution in [0.4, 0.5) is 16.4 Å². The first-order valence-corrected chi connectivity index (χ1v) is 10.4. The number of H-pyrrole nitrogens is 1. The van der Waals surface area contributed by atoms with Crippen molar-refractivity contribution in [2.45, 2.75) is 77.5 Å². The minimum absolute atomic E-state index is 0.166. The van der Waals surface area contributed by atoms with Gasteiger partial charge in [0.25, 0.3) is 0 Å². The lowest BCUT2D eigenvalue weighted by molar-refractivity contribution is 0.00207. The van der Waals surface area contributed by atoms with Crippen LogP contribution in [0.3, 0.4) is 0 Å². The molecule has 2 bridgehead atoms. The standard InChI is InChI=1S/C21H30N6O2/c1-13-9-19(26-25-13)24-17-7-8-22-18(23-17)12-14-10-15-5-6-16(11-14)27(15)20(28)29-21(2,3)4/h7-9,14-16H,5-6,10-12H2,1-4H3,(H2,22,23,24,25,26). The number of aromatic nitrogens is 4. The van der Waals surface area contributed by atoms with E-state index >= 15 is 0 Å². The molecule has 2 aliphatic heterocycles. The van der Waals surface area contributed by atoms with Crippen LogP contribution in [0.2, 0.25) is 0 Å². The van der Waals surface area contributed by atoms with Gasteiger partial charge in [0, 0.05) is 36.5 Å². The molecule has 0 spiro atoms. The van der Waals surface area contributed by atoms with E-state index in [1.54, 1.807) is 6.20 Å². The van der Waals surface area contributed by atoms with Crippen LogP contribution in [0.15, 0.2) is 18.3 Å². The van der Waals surface area contributed by atoms with Crippen molar-refractivity contribution in [3.8, 4) is 0 Å². The maximum Gasteiger partial charge on any atom is 0.410 e. The molecule has 0 aromatic carbocycles. The summed E-state index contributed by atoms with van der Waals surface area (Å²) in [6.07, 6.45) is 6.52. The number of piperidine rings is 1. The SMILES string of the molecule is Cc1cc(Nc2ccnc(CC3CC4CCC(C3)N4C(=O)OC(C)(C)C)n2)n[nH]1. The Morgan fingerprint density at radius 3 is 2.62 bits per heavy atom. The lowest BCUT2D eigenvalue weighted by Gasteiger charge is -2.39. The van der Waals surface area contributed by atoms with E-state index in [-0.39, 0.29) is 18.2 Å². The molecule has 2 aromatic heterocycles. The van der Waals surface area contributed by atoms with Gasteiger partial charge in [-0.15, -0.1) is 0 Å². The molecule has 0 aliphatic carbocycles. The summed E-state index contributed by atoms with van der Waals surface area (Å²) in [5.41, 5.74) is 0.538. The number of ether oxygens (including phenoxy) is 1. The summed E-state index contributed by atoms with van der Waals surface area (Å²) >= 11 is 0. The fourth-order valence-electron chi connectivity index (χ4n) is 4.51. The number of nitrogens with zero attached hydrogens (tertiary/aromatic N) is 4. The topological polar surface area (TPSA) is 96.0 Å². The van der Waals surface area contributed by atoms with Crippen LogP contribution in [-0.2, 0) is 11.2 Å². The Kier molecular flexibility index (Phi) is 5.19. The molecule has 2 N–H and O–H groups in total. The van der Waals surface area contributed by atoms with Gasteiger partial charge in [-0.05, 0) is 65.4 Å². The van der Waals surface area contributed by atoms with Gasteiger partial charge in [-0.3, -0.25) is 5.10 Å². The number of aromatic amines is 1. The molecule has 4 heterocycles. The van der Waals surface area contributed by atoms with Gasteiger partial charge in [0.1, 0.15) is 17.2 Å². The summed E-state index contributed by atoms with van der Waals surface area (Å²) in [7, 11) is 0. The average molecular weight is 399 g/mol. The van der Waals surface area contributed by atoms with E-state index in [4.69, 9.17) is 4.74 Å². The second-order valence-corrected chi connectivity index (χ2v) is 9.23. The van der Waals surface area contributed by atoms with Gasteiger partial charge in [0.15, 0.2) is 5.82 Å². The van der Waals surface area contributed by atoms with Crippen LogP contribution in [0.25, 0.3) is 0 Å². The van der Waals surface area contributed by atoms with Gasteiger partial charge in [0.05, 0.1) is 0 Å². The summed E-state index contributed by atoms with van der Waals surface area (Å²) in [6, 6.07) is 4.32. The first-order chi connectivity index (χ1) is 13.8. The zero-order chi connectivity index (χ0) is 20.6. The van der Waals surface area contributed by atoms with E-state index in [0.29, 0.717) is 5.92 Å². The number of amides is 1. The van der Waals surface area contributed by atoms with Crippen LogP contribution in [0, 0.1) is 12.8 Å². The highest BCUT2D eigenvalue weighted by Crippen LogP contribution is 2.40. The highest BCUT2D eigenvalue weighted by molar-refractivity contribution is 5.69. The molecular formula is C21H30N6O2. The Bertz CT molecular complexity index is 860. The lowest BCUT2D eigenvalue weighted by atomic mass is 9.88. The minimum atomic E-state index is -0.457. The number of anilines is 2. The van der Waals surface area contributed by atoms with Gasteiger partial charge in [-0.2, -0.15) is 5.10 Å². The molecule has 2 aromatic rings. The van der Waals surface area contributed by atoms with Crippen LogP contribution in [0.1, 0.15) is 58.0 Å². The average Bonchev–Trinajstić information content (AvgIpc) is 3.14. The summed E-state index contributed by atoms with van der Waals surface area (Å²) in [5.74, 6) is 2.80. The van der Waals surface area contributed by atoms with Crippen molar-refractivity contribution in [3.05, 3.63) is 29.8 Å². The number of hydrogen-bond donors (Lipinski definition) is 2. The molecule has 4 rings (SSSR count). The van der Waals surface area contributed by atoms with Gasteiger partial charge in [0.2, 0.25) is 0 Å². The summed E-state index contributed by atoms with van der Waals surface area (Å²) in [6.45, 7) is 7.72. The third-order valence-electron chi connectivity index (χ3n) is 5.57. The molecule has 0 radical (unpaired) electrons. The normalized spacial score (nSPS) is 23.9. The highest BCUT2D eigenvalue weighted by atomic mass is 16.6. The molecule has 1 amide bonds. The van der Waals surface area contributed by atoms with Crippen LogP contribution < -0.4 is 5.32 Å². The van der Waals surface area contributed by atoms with E-state index < -0.39 is 5.60 Å². The van der Waals surface area contributed by atoms with E-state index in [1.165, 1.54) is 0 Å². The van der Waals surface area contributed by atoms with E-state index in [9.17, 15) is 4.79 Å². The second kappa shape index (κ2) is 7.65.